The van der Waals surface area contributed by atoms with E-state index in [4.69, 9.17) is 21.1 Å². The van der Waals surface area contributed by atoms with Gasteiger partial charge < -0.3 is 14.8 Å². The maximum atomic E-state index is 6.43. The first-order valence-electron chi connectivity index (χ1n) is 7.12. The maximum Gasteiger partial charge on any atom is 0.162 e. The Morgan fingerprint density at radius 3 is 2.58 bits per heavy atom. The summed E-state index contributed by atoms with van der Waals surface area (Å²) in [5, 5.41) is 4.40. The van der Waals surface area contributed by atoms with Crippen molar-refractivity contribution in [3.8, 4) is 11.5 Å². The van der Waals surface area contributed by atoms with Gasteiger partial charge in [-0.05, 0) is 43.4 Å². The van der Waals surface area contributed by atoms with Gasteiger partial charge in [-0.1, -0.05) is 18.5 Å². The smallest absolute Gasteiger partial charge is 0.162 e. The minimum atomic E-state index is 0.350. The van der Waals surface area contributed by atoms with Gasteiger partial charge in [0.2, 0.25) is 0 Å². The number of rotatable bonds is 5. The van der Waals surface area contributed by atoms with Gasteiger partial charge in [0, 0.05) is 17.1 Å². The first-order chi connectivity index (χ1) is 9.29. The fraction of sp³-hybridized carbons (Fsp3) is 0.600. The van der Waals surface area contributed by atoms with E-state index in [1.807, 2.05) is 6.07 Å². The molecule has 2 aliphatic rings. The summed E-state index contributed by atoms with van der Waals surface area (Å²) in [7, 11) is 0. The van der Waals surface area contributed by atoms with E-state index >= 15 is 0 Å². The second kappa shape index (κ2) is 5.59. The molecule has 1 aliphatic carbocycles. The molecule has 1 aliphatic heterocycles. The van der Waals surface area contributed by atoms with E-state index < -0.39 is 0 Å². The summed E-state index contributed by atoms with van der Waals surface area (Å²) >= 11 is 6.43. The fourth-order valence-electron chi connectivity index (χ4n) is 2.58. The van der Waals surface area contributed by atoms with Crippen LogP contribution in [-0.2, 0) is 0 Å². The Morgan fingerprint density at radius 2 is 1.95 bits per heavy atom. The number of halogens is 1. The zero-order valence-corrected chi connectivity index (χ0v) is 12.0. The van der Waals surface area contributed by atoms with Gasteiger partial charge in [0.15, 0.2) is 11.5 Å². The first-order valence-corrected chi connectivity index (χ1v) is 7.50. The summed E-state index contributed by atoms with van der Waals surface area (Å²) in [6, 6.07) is 4.31. The molecule has 1 N–H and O–H groups in total. The van der Waals surface area contributed by atoms with Crippen molar-refractivity contribution in [1.29, 1.82) is 0 Å². The van der Waals surface area contributed by atoms with Crippen LogP contribution >= 0.6 is 11.6 Å². The predicted molar refractivity (Wildman–Crippen MR) is 76.2 cm³/mol. The lowest BCUT2D eigenvalue weighted by Crippen LogP contribution is -2.24. The predicted octanol–water partition coefficient (Wildman–Crippen LogP) is 3.56. The third-order valence-electron chi connectivity index (χ3n) is 3.70. The summed E-state index contributed by atoms with van der Waals surface area (Å²) in [5.41, 5.74) is 1.15. The van der Waals surface area contributed by atoms with Crippen LogP contribution in [0.15, 0.2) is 12.1 Å². The molecule has 0 amide bonds. The van der Waals surface area contributed by atoms with Crippen LogP contribution in [0.3, 0.4) is 0 Å². The highest BCUT2D eigenvalue weighted by Gasteiger charge is 2.33. The molecule has 3 rings (SSSR count). The minimum absolute atomic E-state index is 0.350. The SMILES string of the molecule is CCCNC(c1cc2c(cc1Cl)OCCO2)C1CC1. The van der Waals surface area contributed by atoms with Crippen LogP contribution in [0.4, 0.5) is 0 Å². The van der Waals surface area contributed by atoms with Crippen LogP contribution in [0.1, 0.15) is 37.8 Å². The second-order valence-electron chi connectivity index (χ2n) is 5.29. The van der Waals surface area contributed by atoms with E-state index in [9.17, 15) is 0 Å². The van der Waals surface area contributed by atoms with E-state index in [1.54, 1.807) is 0 Å². The highest BCUT2D eigenvalue weighted by molar-refractivity contribution is 6.31. The van der Waals surface area contributed by atoms with Gasteiger partial charge in [-0.2, -0.15) is 0 Å². The van der Waals surface area contributed by atoms with Crippen molar-refractivity contribution in [3.05, 3.63) is 22.7 Å². The van der Waals surface area contributed by atoms with E-state index in [2.05, 4.69) is 18.3 Å². The van der Waals surface area contributed by atoms with Crippen molar-refractivity contribution < 1.29 is 9.47 Å². The maximum absolute atomic E-state index is 6.43. The normalized spacial score (nSPS) is 19.3. The summed E-state index contributed by atoms with van der Waals surface area (Å²) in [5.74, 6) is 2.31. The lowest BCUT2D eigenvalue weighted by Gasteiger charge is -2.24. The summed E-state index contributed by atoms with van der Waals surface area (Å²) in [4.78, 5) is 0. The van der Waals surface area contributed by atoms with Crippen molar-refractivity contribution in [2.45, 2.75) is 32.2 Å². The van der Waals surface area contributed by atoms with Crippen LogP contribution in [0.2, 0.25) is 5.02 Å². The van der Waals surface area contributed by atoms with Gasteiger partial charge in [0.05, 0.1) is 0 Å². The van der Waals surface area contributed by atoms with Crippen molar-refractivity contribution in [2.24, 2.45) is 5.92 Å². The van der Waals surface area contributed by atoms with Crippen LogP contribution in [0.5, 0.6) is 11.5 Å². The van der Waals surface area contributed by atoms with Crippen LogP contribution in [-0.4, -0.2) is 19.8 Å². The Kier molecular flexibility index (Phi) is 3.85. The average molecular weight is 282 g/mol. The monoisotopic (exact) mass is 281 g/mol. The number of hydrogen-bond donors (Lipinski definition) is 1. The number of hydrogen-bond acceptors (Lipinski definition) is 3. The highest BCUT2D eigenvalue weighted by Crippen LogP contribution is 2.46. The molecule has 3 nitrogen and oxygen atoms in total. The molecule has 1 aromatic carbocycles. The molecule has 4 heteroatoms. The van der Waals surface area contributed by atoms with Gasteiger partial charge in [-0.3, -0.25) is 0 Å². The lowest BCUT2D eigenvalue weighted by molar-refractivity contribution is 0.171. The van der Waals surface area contributed by atoms with Crippen LogP contribution < -0.4 is 14.8 Å². The summed E-state index contributed by atoms with van der Waals surface area (Å²) in [6.07, 6.45) is 3.70. The molecule has 0 spiro atoms. The molecule has 1 heterocycles. The lowest BCUT2D eigenvalue weighted by atomic mass is 10.0. The summed E-state index contributed by atoms with van der Waals surface area (Å²) in [6.45, 7) is 4.42. The molecule has 1 fully saturated rings. The molecule has 0 bridgehead atoms. The Labute approximate surface area is 119 Å². The van der Waals surface area contributed by atoms with Gasteiger partial charge in [0.25, 0.3) is 0 Å². The molecule has 0 radical (unpaired) electrons. The third-order valence-corrected chi connectivity index (χ3v) is 4.03. The fourth-order valence-corrected chi connectivity index (χ4v) is 2.85. The van der Waals surface area contributed by atoms with Gasteiger partial charge >= 0.3 is 0 Å². The minimum Gasteiger partial charge on any atom is -0.486 e. The van der Waals surface area contributed by atoms with Crippen LogP contribution in [0.25, 0.3) is 0 Å². The zero-order valence-electron chi connectivity index (χ0n) is 11.2. The largest absolute Gasteiger partial charge is 0.486 e. The Balaban J connectivity index is 1.88. The van der Waals surface area contributed by atoms with E-state index in [-0.39, 0.29) is 0 Å². The Morgan fingerprint density at radius 1 is 1.26 bits per heavy atom. The molecule has 0 saturated heterocycles. The highest BCUT2D eigenvalue weighted by atomic mass is 35.5. The number of ether oxygens (including phenoxy) is 2. The summed E-state index contributed by atoms with van der Waals surface area (Å²) < 4.78 is 11.2. The molecule has 1 atom stereocenters. The topological polar surface area (TPSA) is 30.5 Å². The Bertz CT molecular complexity index is 460. The molecular formula is C15H20ClNO2. The quantitative estimate of drug-likeness (QED) is 0.895. The van der Waals surface area contributed by atoms with Gasteiger partial charge in [0.1, 0.15) is 13.2 Å². The first kappa shape index (κ1) is 13.1. The van der Waals surface area contributed by atoms with Crippen LogP contribution in [0, 0.1) is 5.92 Å². The van der Waals surface area contributed by atoms with Crippen molar-refractivity contribution in [1.82, 2.24) is 5.32 Å². The van der Waals surface area contributed by atoms with E-state index in [1.165, 1.54) is 12.8 Å². The molecule has 0 aromatic heterocycles. The molecule has 19 heavy (non-hydrogen) atoms. The number of fused-ring (bicyclic) bond motifs is 1. The standard InChI is InChI=1S/C15H20ClNO2/c1-2-5-17-15(10-3-4-10)11-8-13-14(9-12(11)16)19-7-6-18-13/h8-10,15,17H,2-7H2,1H3. The Hall–Kier alpha value is -0.930. The zero-order chi connectivity index (χ0) is 13.2. The van der Waals surface area contributed by atoms with Crippen molar-refractivity contribution >= 4 is 11.6 Å². The van der Waals surface area contributed by atoms with Gasteiger partial charge in [-0.15, -0.1) is 0 Å². The second-order valence-corrected chi connectivity index (χ2v) is 5.69. The molecular weight excluding hydrogens is 262 g/mol. The molecule has 1 aromatic rings. The molecule has 104 valence electrons. The molecule has 1 unspecified atom stereocenters. The number of benzene rings is 1. The average Bonchev–Trinajstić information content (AvgIpc) is 3.24. The van der Waals surface area contributed by atoms with Crippen molar-refractivity contribution in [3.63, 3.8) is 0 Å². The van der Waals surface area contributed by atoms with Crippen molar-refractivity contribution in [2.75, 3.05) is 19.8 Å². The van der Waals surface area contributed by atoms with Gasteiger partial charge in [-0.25, -0.2) is 0 Å². The third kappa shape index (κ3) is 2.82. The van der Waals surface area contributed by atoms with E-state index in [0.717, 1.165) is 35.1 Å². The number of nitrogens with one attached hydrogen (secondary N) is 1. The van der Waals surface area contributed by atoms with E-state index in [0.29, 0.717) is 25.2 Å². The molecule has 1 saturated carbocycles.